The van der Waals surface area contributed by atoms with Crippen molar-refractivity contribution in [2.24, 2.45) is 0 Å². The van der Waals surface area contributed by atoms with E-state index >= 15 is 0 Å². The second-order valence-electron chi connectivity index (χ2n) is 7.94. The number of hydrogen-bond donors (Lipinski definition) is 1. The topological polar surface area (TPSA) is 68.9 Å². The Morgan fingerprint density at radius 1 is 1.06 bits per heavy atom. The number of halogens is 1. The van der Waals surface area contributed by atoms with Crippen LogP contribution >= 0.6 is 0 Å². The highest BCUT2D eigenvalue weighted by molar-refractivity contribution is 5.87. The normalized spacial score (nSPS) is 12.1. The highest BCUT2D eigenvalue weighted by Gasteiger charge is 2.18. The minimum Gasteiger partial charge on any atom is -0.348 e. The SMILES string of the molecule is Cc1c2cnn(CC(=O)N[C@H](C)c3ccccc3)c(=O)c2c(C)n1Cc1ccccc1F. The van der Waals surface area contributed by atoms with Crippen LogP contribution in [0.5, 0.6) is 0 Å². The number of carbonyl (C=O) groups is 1. The largest absolute Gasteiger partial charge is 0.348 e. The average Bonchev–Trinajstić information content (AvgIpc) is 3.02. The molecule has 0 aliphatic rings. The summed E-state index contributed by atoms with van der Waals surface area (Å²) in [4.78, 5) is 25.7. The maximum atomic E-state index is 14.2. The number of rotatable bonds is 6. The van der Waals surface area contributed by atoms with Gasteiger partial charge in [0.1, 0.15) is 12.4 Å². The number of aromatic nitrogens is 3. The molecule has 0 fully saturated rings. The molecule has 32 heavy (non-hydrogen) atoms. The molecule has 0 unspecified atom stereocenters. The van der Waals surface area contributed by atoms with Crippen molar-refractivity contribution in [1.29, 1.82) is 0 Å². The molecule has 2 aromatic carbocycles. The molecule has 4 aromatic rings. The molecule has 0 saturated carbocycles. The third-order valence-corrected chi connectivity index (χ3v) is 5.86. The van der Waals surface area contributed by atoms with Crippen molar-refractivity contribution in [3.8, 4) is 0 Å². The van der Waals surface area contributed by atoms with Gasteiger partial charge in [0, 0.05) is 22.3 Å². The quantitative estimate of drug-likeness (QED) is 0.503. The molecule has 0 aliphatic heterocycles. The van der Waals surface area contributed by atoms with E-state index in [0.717, 1.165) is 17.0 Å². The van der Waals surface area contributed by atoms with Gasteiger partial charge in [-0.15, -0.1) is 0 Å². The van der Waals surface area contributed by atoms with Crippen molar-refractivity contribution < 1.29 is 9.18 Å². The number of carbonyl (C=O) groups excluding carboxylic acids is 1. The zero-order valence-corrected chi connectivity index (χ0v) is 18.3. The Hall–Kier alpha value is -3.74. The van der Waals surface area contributed by atoms with Gasteiger partial charge in [-0.2, -0.15) is 5.10 Å². The maximum absolute atomic E-state index is 14.2. The lowest BCUT2D eigenvalue weighted by Crippen LogP contribution is -2.35. The molecule has 1 amide bonds. The molecule has 0 aliphatic carbocycles. The smallest absolute Gasteiger partial charge is 0.276 e. The standard InChI is InChI=1S/C25H25FN4O2/c1-16(19-9-5-4-6-10-19)28-23(31)15-30-25(32)24-18(3)29(17(2)21(24)13-27-30)14-20-11-7-8-12-22(20)26/h4-13,16H,14-15H2,1-3H3,(H,28,31)/t16-/m1/s1. The van der Waals surface area contributed by atoms with E-state index in [0.29, 0.717) is 22.9 Å². The fourth-order valence-electron chi connectivity index (χ4n) is 4.04. The molecular formula is C25H25FN4O2. The molecule has 0 bridgehead atoms. The number of aryl methyl sites for hydroxylation is 2. The van der Waals surface area contributed by atoms with Gasteiger partial charge in [0.15, 0.2) is 0 Å². The van der Waals surface area contributed by atoms with Gasteiger partial charge in [-0.3, -0.25) is 9.59 Å². The van der Waals surface area contributed by atoms with Gasteiger partial charge in [-0.05, 0) is 32.4 Å². The van der Waals surface area contributed by atoms with Crippen LogP contribution in [0.4, 0.5) is 4.39 Å². The molecule has 0 radical (unpaired) electrons. The molecule has 0 saturated heterocycles. The van der Waals surface area contributed by atoms with Crippen molar-refractivity contribution in [3.05, 3.63) is 99.5 Å². The Balaban J connectivity index is 1.61. The minimum atomic E-state index is -0.335. The summed E-state index contributed by atoms with van der Waals surface area (Å²) in [6, 6.07) is 16.0. The number of nitrogens with one attached hydrogen (secondary N) is 1. The van der Waals surface area contributed by atoms with E-state index in [2.05, 4.69) is 10.4 Å². The van der Waals surface area contributed by atoms with Gasteiger partial charge in [0.25, 0.3) is 5.56 Å². The summed E-state index contributed by atoms with van der Waals surface area (Å²) in [5.41, 5.74) is 2.74. The van der Waals surface area contributed by atoms with E-state index in [4.69, 9.17) is 0 Å². The summed E-state index contributed by atoms with van der Waals surface area (Å²) in [5.74, 6) is -0.584. The lowest BCUT2D eigenvalue weighted by molar-refractivity contribution is -0.122. The Labute approximate surface area is 185 Å². The summed E-state index contributed by atoms with van der Waals surface area (Å²) in [6.07, 6.45) is 1.60. The molecule has 1 N–H and O–H groups in total. The maximum Gasteiger partial charge on any atom is 0.276 e. The summed E-state index contributed by atoms with van der Waals surface area (Å²) >= 11 is 0. The first-order valence-corrected chi connectivity index (χ1v) is 10.5. The zero-order valence-electron chi connectivity index (χ0n) is 18.3. The van der Waals surface area contributed by atoms with E-state index < -0.39 is 0 Å². The molecule has 4 rings (SSSR count). The summed E-state index contributed by atoms with van der Waals surface area (Å²) < 4.78 is 17.3. The van der Waals surface area contributed by atoms with Crippen LogP contribution in [0.15, 0.2) is 65.6 Å². The summed E-state index contributed by atoms with van der Waals surface area (Å²) in [6.45, 7) is 5.74. The zero-order chi connectivity index (χ0) is 22.8. The predicted octanol–water partition coefficient (Wildman–Crippen LogP) is 3.88. The molecule has 7 heteroatoms. The van der Waals surface area contributed by atoms with Crippen LogP contribution in [0, 0.1) is 19.7 Å². The Morgan fingerprint density at radius 2 is 1.75 bits per heavy atom. The highest BCUT2D eigenvalue weighted by atomic mass is 19.1. The van der Waals surface area contributed by atoms with Crippen LogP contribution in [-0.2, 0) is 17.9 Å². The van der Waals surface area contributed by atoms with Crippen LogP contribution in [-0.4, -0.2) is 20.3 Å². The lowest BCUT2D eigenvalue weighted by Gasteiger charge is -2.14. The summed E-state index contributed by atoms with van der Waals surface area (Å²) in [7, 11) is 0. The third-order valence-electron chi connectivity index (χ3n) is 5.86. The number of hydrogen-bond acceptors (Lipinski definition) is 3. The molecule has 164 valence electrons. The number of amides is 1. The van der Waals surface area contributed by atoms with Crippen molar-refractivity contribution in [2.75, 3.05) is 0 Å². The van der Waals surface area contributed by atoms with Gasteiger partial charge in [-0.1, -0.05) is 48.5 Å². The van der Waals surface area contributed by atoms with Gasteiger partial charge < -0.3 is 9.88 Å². The van der Waals surface area contributed by atoms with Crippen molar-refractivity contribution in [3.63, 3.8) is 0 Å². The van der Waals surface area contributed by atoms with Gasteiger partial charge >= 0.3 is 0 Å². The lowest BCUT2D eigenvalue weighted by atomic mass is 10.1. The molecular weight excluding hydrogens is 407 g/mol. The van der Waals surface area contributed by atoms with Crippen molar-refractivity contribution in [1.82, 2.24) is 19.7 Å². The van der Waals surface area contributed by atoms with Crippen LogP contribution in [0.1, 0.15) is 35.5 Å². The first kappa shape index (κ1) is 21.5. The fourth-order valence-corrected chi connectivity index (χ4v) is 4.04. The molecule has 2 aromatic heterocycles. The molecule has 1 atom stereocenters. The fraction of sp³-hybridized carbons (Fsp3) is 0.240. The third kappa shape index (κ3) is 4.06. The van der Waals surface area contributed by atoms with Crippen molar-refractivity contribution >= 4 is 16.7 Å². The molecule has 0 spiro atoms. The van der Waals surface area contributed by atoms with Gasteiger partial charge in [0.2, 0.25) is 5.91 Å². The van der Waals surface area contributed by atoms with E-state index in [1.54, 1.807) is 24.4 Å². The van der Waals surface area contributed by atoms with Crippen LogP contribution < -0.4 is 10.9 Å². The first-order chi connectivity index (χ1) is 15.4. The Morgan fingerprint density at radius 3 is 2.47 bits per heavy atom. The average molecular weight is 432 g/mol. The second kappa shape index (κ2) is 8.78. The number of fused-ring (bicyclic) bond motifs is 1. The Bertz CT molecular complexity index is 1340. The highest BCUT2D eigenvalue weighted by Crippen LogP contribution is 2.23. The first-order valence-electron chi connectivity index (χ1n) is 10.5. The number of nitrogens with zero attached hydrogens (tertiary/aromatic N) is 3. The van der Waals surface area contributed by atoms with E-state index in [9.17, 15) is 14.0 Å². The van der Waals surface area contributed by atoms with Crippen LogP contribution in [0.3, 0.4) is 0 Å². The number of benzene rings is 2. The van der Waals surface area contributed by atoms with E-state index in [1.165, 1.54) is 10.7 Å². The van der Waals surface area contributed by atoms with Crippen LogP contribution in [0.25, 0.3) is 10.8 Å². The predicted molar refractivity (Wildman–Crippen MR) is 122 cm³/mol. The van der Waals surface area contributed by atoms with Crippen LogP contribution in [0.2, 0.25) is 0 Å². The van der Waals surface area contributed by atoms with E-state index in [-0.39, 0.29) is 29.9 Å². The van der Waals surface area contributed by atoms with E-state index in [1.807, 2.05) is 55.7 Å². The Kier molecular flexibility index (Phi) is 5.90. The van der Waals surface area contributed by atoms with Gasteiger partial charge in [-0.25, -0.2) is 9.07 Å². The second-order valence-corrected chi connectivity index (χ2v) is 7.94. The monoisotopic (exact) mass is 432 g/mol. The van der Waals surface area contributed by atoms with Crippen molar-refractivity contribution in [2.45, 2.75) is 39.9 Å². The molecule has 2 heterocycles. The van der Waals surface area contributed by atoms with Gasteiger partial charge in [0.05, 0.1) is 24.2 Å². The molecule has 6 nitrogen and oxygen atoms in total. The summed E-state index contributed by atoms with van der Waals surface area (Å²) in [5, 5.41) is 8.33. The minimum absolute atomic E-state index is 0.178.